The van der Waals surface area contributed by atoms with E-state index in [2.05, 4.69) is 0 Å². The summed E-state index contributed by atoms with van der Waals surface area (Å²) in [6, 6.07) is 16.0. The Morgan fingerprint density at radius 2 is 1.83 bits per heavy atom. The first-order valence-corrected chi connectivity index (χ1v) is 8.17. The van der Waals surface area contributed by atoms with Crippen LogP contribution in [0.1, 0.15) is 31.1 Å². The lowest BCUT2D eigenvalue weighted by Gasteiger charge is -2.45. The number of hydrogen-bond acceptors (Lipinski definition) is 2. The predicted molar refractivity (Wildman–Crippen MR) is 91.0 cm³/mol. The van der Waals surface area contributed by atoms with Crippen molar-refractivity contribution in [2.45, 2.75) is 31.9 Å². The molecule has 0 N–H and O–H groups in total. The lowest BCUT2D eigenvalue weighted by atomic mass is 9.97. The minimum Gasteiger partial charge on any atom is -0.369 e. The third-order valence-electron chi connectivity index (χ3n) is 4.46. The maximum Gasteiger partial charge on any atom is 0.227 e. The van der Waals surface area contributed by atoms with Crippen molar-refractivity contribution < 1.29 is 13.9 Å². The molecule has 1 amide bonds. The number of carbonyl (C=O) groups excluding carboxylic acids is 1. The maximum absolute atomic E-state index is 13.1. The molecule has 0 aliphatic carbocycles. The Morgan fingerprint density at radius 1 is 1.17 bits per heavy atom. The fourth-order valence-electron chi connectivity index (χ4n) is 3.03. The first-order chi connectivity index (χ1) is 11.5. The van der Waals surface area contributed by atoms with Gasteiger partial charge in [0.05, 0.1) is 25.1 Å². The highest BCUT2D eigenvalue weighted by molar-refractivity contribution is 5.79. The van der Waals surface area contributed by atoms with E-state index in [1.807, 2.05) is 49.1 Å². The zero-order valence-corrected chi connectivity index (χ0v) is 14.0. The minimum atomic E-state index is -0.359. The summed E-state index contributed by atoms with van der Waals surface area (Å²) in [7, 11) is 0. The van der Waals surface area contributed by atoms with E-state index in [1.165, 1.54) is 12.1 Å². The molecule has 1 aliphatic heterocycles. The van der Waals surface area contributed by atoms with Crippen LogP contribution in [0.15, 0.2) is 54.6 Å². The van der Waals surface area contributed by atoms with Gasteiger partial charge >= 0.3 is 0 Å². The number of benzene rings is 2. The van der Waals surface area contributed by atoms with Crippen LogP contribution in [-0.2, 0) is 16.0 Å². The van der Waals surface area contributed by atoms with Gasteiger partial charge in [-0.2, -0.15) is 0 Å². The largest absolute Gasteiger partial charge is 0.369 e. The van der Waals surface area contributed by atoms with E-state index < -0.39 is 0 Å². The summed E-state index contributed by atoms with van der Waals surface area (Å²) < 4.78 is 19.1. The van der Waals surface area contributed by atoms with Crippen LogP contribution >= 0.6 is 0 Å². The minimum absolute atomic E-state index is 0.0848. The highest BCUT2D eigenvalue weighted by atomic mass is 19.1. The normalized spacial score (nSPS) is 20.0. The molecule has 1 atom stereocenters. The van der Waals surface area contributed by atoms with Crippen LogP contribution in [0.2, 0.25) is 0 Å². The number of ether oxygens (including phenoxy) is 1. The van der Waals surface area contributed by atoms with Crippen LogP contribution in [0.5, 0.6) is 0 Å². The monoisotopic (exact) mass is 327 g/mol. The third kappa shape index (κ3) is 3.65. The predicted octanol–water partition coefficient (Wildman–Crippen LogP) is 3.75. The van der Waals surface area contributed by atoms with Gasteiger partial charge in [0.1, 0.15) is 11.9 Å². The van der Waals surface area contributed by atoms with Crippen LogP contribution in [0.4, 0.5) is 4.39 Å². The second-order valence-electron chi connectivity index (χ2n) is 6.83. The summed E-state index contributed by atoms with van der Waals surface area (Å²) in [4.78, 5) is 14.7. The molecule has 2 aromatic carbocycles. The van der Waals surface area contributed by atoms with Crippen molar-refractivity contribution in [3.8, 4) is 0 Å². The zero-order valence-electron chi connectivity index (χ0n) is 14.0. The van der Waals surface area contributed by atoms with Crippen LogP contribution in [0.25, 0.3) is 0 Å². The molecular formula is C20H22FNO2. The number of hydrogen-bond donors (Lipinski definition) is 0. The topological polar surface area (TPSA) is 29.5 Å². The van der Waals surface area contributed by atoms with Gasteiger partial charge in [0.25, 0.3) is 0 Å². The lowest BCUT2D eigenvalue weighted by Crippen LogP contribution is -2.56. The van der Waals surface area contributed by atoms with Crippen LogP contribution in [0.3, 0.4) is 0 Å². The Morgan fingerprint density at radius 3 is 2.50 bits per heavy atom. The second kappa shape index (κ2) is 6.73. The van der Waals surface area contributed by atoms with Crippen molar-refractivity contribution in [2.75, 3.05) is 13.2 Å². The Bertz CT molecular complexity index is 697. The van der Waals surface area contributed by atoms with E-state index in [0.29, 0.717) is 19.6 Å². The van der Waals surface area contributed by atoms with Crippen molar-refractivity contribution in [1.29, 1.82) is 0 Å². The highest BCUT2D eigenvalue weighted by Gasteiger charge is 2.38. The van der Waals surface area contributed by atoms with Crippen molar-refractivity contribution in [3.63, 3.8) is 0 Å². The van der Waals surface area contributed by atoms with E-state index >= 15 is 0 Å². The molecule has 1 heterocycles. The van der Waals surface area contributed by atoms with E-state index in [-0.39, 0.29) is 23.4 Å². The quantitative estimate of drug-likeness (QED) is 0.859. The molecule has 2 aromatic rings. The van der Waals surface area contributed by atoms with Gasteiger partial charge in [0.2, 0.25) is 5.91 Å². The SMILES string of the molecule is CC1(C)COC(c2ccc(F)cc2)CN1C(=O)Cc1ccccc1. The average Bonchev–Trinajstić information content (AvgIpc) is 2.56. The van der Waals surface area contributed by atoms with Gasteiger partial charge in [-0.15, -0.1) is 0 Å². The van der Waals surface area contributed by atoms with Crippen LogP contribution in [-0.4, -0.2) is 29.5 Å². The molecule has 1 unspecified atom stereocenters. The molecule has 1 saturated heterocycles. The first kappa shape index (κ1) is 16.7. The number of halogens is 1. The molecule has 3 nitrogen and oxygen atoms in total. The van der Waals surface area contributed by atoms with Crippen molar-refractivity contribution in [2.24, 2.45) is 0 Å². The molecule has 3 rings (SSSR count). The summed E-state index contributed by atoms with van der Waals surface area (Å²) in [6.45, 7) is 4.95. The van der Waals surface area contributed by atoms with Crippen LogP contribution < -0.4 is 0 Å². The van der Waals surface area contributed by atoms with Gasteiger partial charge in [-0.1, -0.05) is 42.5 Å². The van der Waals surface area contributed by atoms with Gasteiger partial charge in [-0.3, -0.25) is 4.79 Å². The molecule has 0 aromatic heterocycles. The molecule has 0 saturated carbocycles. The third-order valence-corrected chi connectivity index (χ3v) is 4.46. The number of amides is 1. The van der Waals surface area contributed by atoms with E-state index in [4.69, 9.17) is 4.74 Å². The summed E-state index contributed by atoms with van der Waals surface area (Å²) in [5, 5.41) is 0. The Hall–Kier alpha value is -2.20. The molecule has 1 aliphatic rings. The molecule has 126 valence electrons. The fourth-order valence-corrected chi connectivity index (χ4v) is 3.03. The molecular weight excluding hydrogens is 305 g/mol. The van der Waals surface area contributed by atoms with Crippen molar-refractivity contribution in [3.05, 3.63) is 71.5 Å². The number of nitrogens with zero attached hydrogens (tertiary/aromatic N) is 1. The Labute approximate surface area is 142 Å². The van der Waals surface area contributed by atoms with Gasteiger partial charge in [0.15, 0.2) is 0 Å². The Balaban J connectivity index is 1.76. The van der Waals surface area contributed by atoms with Gasteiger partial charge in [-0.25, -0.2) is 4.39 Å². The molecule has 0 radical (unpaired) electrons. The lowest BCUT2D eigenvalue weighted by molar-refractivity contribution is -0.154. The summed E-state index contributed by atoms with van der Waals surface area (Å²) in [5.41, 5.74) is 1.54. The molecule has 0 bridgehead atoms. The van der Waals surface area contributed by atoms with E-state index in [1.54, 1.807) is 12.1 Å². The molecule has 24 heavy (non-hydrogen) atoms. The van der Waals surface area contributed by atoms with Crippen LogP contribution in [0, 0.1) is 5.82 Å². The number of rotatable bonds is 3. The van der Waals surface area contributed by atoms with Gasteiger partial charge in [-0.05, 0) is 37.1 Å². The highest BCUT2D eigenvalue weighted by Crippen LogP contribution is 2.31. The van der Waals surface area contributed by atoms with Crippen molar-refractivity contribution in [1.82, 2.24) is 4.90 Å². The number of carbonyl (C=O) groups is 1. The number of morpholine rings is 1. The molecule has 4 heteroatoms. The molecule has 0 spiro atoms. The smallest absolute Gasteiger partial charge is 0.227 e. The summed E-state index contributed by atoms with van der Waals surface area (Å²) in [6.07, 6.45) is 0.152. The maximum atomic E-state index is 13.1. The van der Waals surface area contributed by atoms with Gasteiger partial charge in [0, 0.05) is 0 Å². The van der Waals surface area contributed by atoms with Gasteiger partial charge < -0.3 is 9.64 Å². The van der Waals surface area contributed by atoms with Crippen molar-refractivity contribution >= 4 is 5.91 Å². The van der Waals surface area contributed by atoms with E-state index in [9.17, 15) is 9.18 Å². The standard InChI is InChI=1S/C20H22FNO2/c1-20(2)14-24-18(16-8-10-17(21)11-9-16)13-22(20)19(23)12-15-6-4-3-5-7-15/h3-11,18H,12-14H2,1-2H3. The second-order valence-corrected chi connectivity index (χ2v) is 6.83. The zero-order chi connectivity index (χ0) is 17.2. The molecule has 1 fully saturated rings. The first-order valence-electron chi connectivity index (χ1n) is 8.17. The average molecular weight is 327 g/mol. The van der Waals surface area contributed by atoms with E-state index in [0.717, 1.165) is 11.1 Å². The fraction of sp³-hybridized carbons (Fsp3) is 0.350. The Kier molecular flexibility index (Phi) is 4.67. The summed E-state index contributed by atoms with van der Waals surface area (Å²) >= 11 is 0. The summed E-state index contributed by atoms with van der Waals surface area (Å²) in [5.74, 6) is -0.187.